The van der Waals surface area contributed by atoms with Gasteiger partial charge in [-0.3, -0.25) is 0 Å². The van der Waals surface area contributed by atoms with Crippen molar-refractivity contribution in [1.29, 1.82) is 0 Å². The van der Waals surface area contributed by atoms with Crippen LogP contribution in [0.4, 0.5) is 16.6 Å². The molecule has 8 heteroatoms. The van der Waals surface area contributed by atoms with Gasteiger partial charge in [-0.25, -0.2) is 9.52 Å². The summed E-state index contributed by atoms with van der Waals surface area (Å²) in [4.78, 5) is 15.6. The average Bonchev–Trinajstić information content (AvgIpc) is 2.44. The molecule has 2 N–H and O–H groups in total. The van der Waals surface area contributed by atoms with Gasteiger partial charge in [-0.2, -0.15) is 5.01 Å². The van der Waals surface area contributed by atoms with Crippen LogP contribution in [0.2, 0.25) is 0 Å². The zero-order chi connectivity index (χ0) is 13.8. The molecule has 2 rings (SSSR count). The van der Waals surface area contributed by atoms with Crippen molar-refractivity contribution in [2.45, 2.75) is 6.42 Å². The van der Waals surface area contributed by atoms with Crippen LogP contribution < -0.4 is 15.5 Å². The van der Waals surface area contributed by atoms with Gasteiger partial charge in [0.05, 0.1) is 13.3 Å². The van der Waals surface area contributed by atoms with Crippen molar-refractivity contribution in [3.05, 3.63) is 29.6 Å². The smallest absolute Gasteiger partial charge is 0.477 e. The summed E-state index contributed by atoms with van der Waals surface area (Å²) in [5, 5.41) is 14.8. The molecule has 0 aromatic carbocycles. The monoisotopic (exact) mass is 265 g/mol. The fourth-order valence-electron chi connectivity index (χ4n) is 1.83. The normalized spacial score (nSPS) is 15.2. The summed E-state index contributed by atoms with van der Waals surface area (Å²) >= 11 is 0. The summed E-state index contributed by atoms with van der Waals surface area (Å²) in [6, 6.07) is 1.42. The molecule has 1 aliphatic heterocycles. The molecule has 1 aromatic rings. The van der Waals surface area contributed by atoms with E-state index in [-0.39, 0.29) is 11.8 Å². The number of hydrogen-bond acceptors (Lipinski definition) is 6. The summed E-state index contributed by atoms with van der Waals surface area (Å²) in [6.07, 6.45) is 5.43. The first-order valence-electron chi connectivity index (χ1n) is 5.77. The standard InChI is InChI=1S/C11H15N5O3/c1-19-11(17)15(14-7-3-2-4-8-14)9-5-6-13-10(12)16(9)18/h2-3,5-6H,4,7-8H2,1H3,(H2,12,13). The number of ether oxygens (including phenoxy) is 1. The highest BCUT2D eigenvalue weighted by atomic mass is 16.6. The first-order valence-corrected chi connectivity index (χ1v) is 5.77. The van der Waals surface area contributed by atoms with Crippen molar-refractivity contribution in [2.75, 3.05) is 30.9 Å². The number of carbonyl (C=O) groups excluding carboxylic acids is 1. The molecule has 1 amide bonds. The molecule has 0 saturated carbocycles. The molecule has 2 heterocycles. The lowest BCUT2D eigenvalue weighted by molar-refractivity contribution is -0.580. The van der Waals surface area contributed by atoms with Crippen molar-refractivity contribution in [3.63, 3.8) is 0 Å². The summed E-state index contributed by atoms with van der Waals surface area (Å²) in [5.74, 6) is -0.159. The van der Waals surface area contributed by atoms with Gasteiger partial charge in [0.15, 0.2) is 0 Å². The Morgan fingerprint density at radius 2 is 2.42 bits per heavy atom. The molecule has 1 aliphatic rings. The molecular formula is C11H15N5O3. The fraction of sp³-hybridized carbons (Fsp3) is 0.364. The SMILES string of the molecule is COC(=O)N(c1ccnc(N)[n+]1[O-])N1CC=CCC1. The molecule has 0 aliphatic carbocycles. The molecule has 0 saturated heterocycles. The van der Waals surface area contributed by atoms with Crippen LogP contribution in [0.3, 0.4) is 0 Å². The quantitative estimate of drug-likeness (QED) is 0.461. The van der Waals surface area contributed by atoms with E-state index in [1.165, 1.54) is 24.4 Å². The molecule has 0 unspecified atom stereocenters. The third kappa shape index (κ3) is 2.58. The third-order valence-corrected chi connectivity index (χ3v) is 2.73. The number of methoxy groups -OCH3 is 1. The van der Waals surface area contributed by atoms with E-state index in [0.717, 1.165) is 6.42 Å². The molecule has 8 nitrogen and oxygen atoms in total. The number of nitrogen functional groups attached to an aromatic ring is 1. The van der Waals surface area contributed by atoms with E-state index in [4.69, 9.17) is 10.5 Å². The Balaban J connectivity index is 2.39. The highest BCUT2D eigenvalue weighted by molar-refractivity contribution is 5.84. The first kappa shape index (κ1) is 13.1. The van der Waals surface area contributed by atoms with E-state index in [1.807, 2.05) is 12.2 Å². The zero-order valence-electron chi connectivity index (χ0n) is 10.5. The molecule has 1 aromatic heterocycles. The molecule has 0 atom stereocenters. The number of anilines is 2. The number of amides is 1. The fourth-order valence-corrected chi connectivity index (χ4v) is 1.83. The van der Waals surface area contributed by atoms with Gasteiger partial charge in [0.2, 0.25) is 5.82 Å². The molecule has 0 bridgehead atoms. The van der Waals surface area contributed by atoms with Crippen LogP contribution in [-0.4, -0.2) is 36.3 Å². The molecular weight excluding hydrogens is 250 g/mol. The number of hydrogen-bond donors (Lipinski definition) is 1. The summed E-state index contributed by atoms with van der Waals surface area (Å²) < 4.78 is 5.12. The van der Waals surface area contributed by atoms with Gasteiger partial charge in [0, 0.05) is 19.2 Å². The van der Waals surface area contributed by atoms with Gasteiger partial charge in [-0.05, 0) is 6.42 Å². The van der Waals surface area contributed by atoms with Crippen molar-refractivity contribution < 1.29 is 14.3 Å². The lowest BCUT2D eigenvalue weighted by atomic mass is 10.3. The molecule has 0 radical (unpaired) electrons. The van der Waals surface area contributed by atoms with Gasteiger partial charge in [0.1, 0.15) is 0 Å². The van der Waals surface area contributed by atoms with Gasteiger partial charge >= 0.3 is 12.0 Å². The second kappa shape index (κ2) is 5.53. The van der Waals surface area contributed by atoms with Gasteiger partial charge in [-0.15, -0.1) is 9.99 Å². The maximum atomic E-state index is 11.9. The first-order chi connectivity index (χ1) is 9.15. The lowest BCUT2D eigenvalue weighted by Crippen LogP contribution is -2.53. The highest BCUT2D eigenvalue weighted by Gasteiger charge is 2.30. The summed E-state index contributed by atoms with van der Waals surface area (Å²) in [6.45, 7) is 1.12. The number of nitrogens with zero attached hydrogens (tertiary/aromatic N) is 4. The van der Waals surface area contributed by atoms with Crippen molar-refractivity contribution >= 4 is 17.9 Å². The van der Waals surface area contributed by atoms with Crippen molar-refractivity contribution in [2.24, 2.45) is 0 Å². The minimum atomic E-state index is -0.648. The molecule has 0 fully saturated rings. The van der Waals surface area contributed by atoms with E-state index in [9.17, 15) is 10.0 Å². The largest absolute Gasteiger partial charge is 0.754 e. The minimum absolute atomic E-state index is 0.0645. The Labute approximate surface area is 110 Å². The maximum absolute atomic E-state index is 11.9. The van der Waals surface area contributed by atoms with Crippen LogP contribution in [0.5, 0.6) is 0 Å². The van der Waals surface area contributed by atoms with Crippen LogP contribution >= 0.6 is 0 Å². The van der Waals surface area contributed by atoms with E-state index in [0.29, 0.717) is 17.8 Å². The number of rotatable bonds is 2. The highest BCUT2D eigenvalue weighted by Crippen LogP contribution is 2.16. The molecule has 102 valence electrons. The Hall–Kier alpha value is -2.35. The van der Waals surface area contributed by atoms with Crippen molar-refractivity contribution in [1.82, 2.24) is 9.99 Å². The topological polar surface area (TPSA) is 98.6 Å². The van der Waals surface area contributed by atoms with E-state index in [2.05, 4.69) is 4.98 Å². The number of nitrogens with two attached hydrogens (primary N) is 1. The van der Waals surface area contributed by atoms with Crippen molar-refractivity contribution in [3.8, 4) is 0 Å². The van der Waals surface area contributed by atoms with E-state index >= 15 is 0 Å². The molecule has 19 heavy (non-hydrogen) atoms. The second-order valence-electron chi connectivity index (χ2n) is 3.91. The predicted molar refractivity (Wildman–Crippen MR) is 67.8 cm³/mol. The second-order valence-corrected chi connectivity index (χ2v) is 3.91. The molecule has 0 spiro atoms. The summed E-state index contributed by atoms with van der Waals surface area (Å²) in [5.41, 5.74) is 5.46. The van der Waals surface area contributed by atoms with Crippen LogP contribution in [0.1, 0.15) is 6.42 Å². The van der Waals surface area contributed by atoms with Crippen LogP contribution in [-0.2, 0) is 4.74 Å². The predicted octanol–water partition coefficient (Wildman–Crippen LogP) is 0.0469. The third-order valence-electron chi connectivity index (χ3n) is 2.73. The lowest BCUT2D eigenvalue weighted by Gasteiger charge is -2.31. The van der Waals surface area contributed by atoms with Crippen LogP contribution in [0.25, 0.3) is 0 Å². The van der Waals surface area contributed by atoms with E-state index < -0.39 is 6.09 Å². The minimum Gasteiger partial charge on any atom is -0.754 e. The van der Waals surface area contributed by atoms with Crippen LogP contribution in [0, 0.1) is 5.21 Å². The Kier molecular flexibility index (Phi) is 3.81. The van der Waals surface area contributed by atoms with Gasteiger partial charge in [-0.1, -0.05) is 12.2 Å². The van der Waals surface area contributed by atoms with E-state index in [1.54, 1.807) is 5.01 Å². The van der Waals surface area contributed by atoms with Crippen LogP contribution in [0.15, 0.2) is 24.4 Å². The van der Waals surface area contributed by atoms with Gasteiger partial charge < -0.3 is 15.7 Å². The number of carbonyl (C=O) groups is 1. The average molecular weight is 265 g/mol. The van der Waals surface area contributed by atoms with Gasteiger partial charge in [0.25, 0.3) is 0 Å². The zero-order valence-corrected chi connectivity index (χ0v) is 10.5. The number of aromatic nitrogens is 2. The Morgan fingerprint density at radius 3 is 3.05 bits per heavy atom. The number of hydrazine groups is 1. The maximum Gasteiger partial charge on any atom is 0.477 e. The Bertz CT molecular complexity index is 505. The Morgan fingerprint density at radius 1 is 1.63 bits per heavy atom. The summed E-state index contributed by atoms with van der Waals surface area (Å²) in [7, 11) is 1.26.